The first-order chi connectivity index (χ1) is 15.5. The second-order valence-electron chi connectivity index (χ2n) is 7.34. The van der Waals surface area contributed by atoms with E-state index < -0.39 is 0 Å². The molecule has 0 aromatic heterocycles. The summed E-state index contributed by atoms with van der Waals surface area (Å²) >= 11 is 6.30. The molecule has 0 saturated carbocycles. The van der Waals surface area contributed by atoms with Crippen LogP contribution in [0.2, 0.25) is 5.02 Å². The number of rotatable bonds is 6. The molecule has 1 N–H and O–H groups in total. The molecule has 3 aromatic rings. The van der Waals surface area contributed by atoms with Crippen LogP contribution in [0.4, 0.5) is 5.69 Å². The number of amides is 1. The minimum atomic E-state index is -0.309. The number of hydrogen-bond donors (Lipinski definition) is 1. The van der Waals surface area contributed by atoms with Gasteiger partial charge in [-0.15, -0.1) is 0 Å². The van der Waals surface area contributed by atoms with Crippen molar-refractivity contribution < 1.29 is 19.1 Å². The maximum atomic E-state index is 12.5. The quantitative estimate of drug-likeness (QED) is 0.408. The first-order valence-corrected chi connectivity index (χ1v) is 10.6. The third-order valence-corrected chi connectivity index (χ3v) is 5.47. The zero-order valence-corrected chi connectivity index (χ0v) is 18.1. The third-order valence-electron chi connectivity index (χ3n) is 5.18. The van der Waals surface area contributed by atoms with E-state index in [1.54, 1.807) is 42.5 Å². The van der Waals surface area contributed by atoms with Gasteiger partial charge in [-0.3, -0.25) is 14.4 Å². The van der Waals surface area contributed by atoms with Crippen LogP contribution in [0.3, 0.4) is 0 Å². The van der Waals surface area contributed by atoms with Crippen molar-refractivity contribution in [3.63, 3.8) is 0 Å². The highest BCUT2D eigenvalue weighted by Gasteiger charge is 2.32. The van der Waals surface area contributed by atoms with Crippen LogP contribution in [-0.2, 0) is 11.2 Å². The van der Waals surface area contributed by atoms with Crippen molar-refractivity contribution in [2.24, 2.45) is 0 Å². The molecule has 3 aromatic carbocycles. The van der Waals surface area contributed by atoms with Crippen LogP contribution in [0.15, 0.2) is 72.3 Å². The van der Waals surface area contributed by atoms with Gasteiger partial charge in [0.25, 0.3) is 5.91 Å². The van der Waals surface area contributed by atoms with E-state index in [1.807, 2.05) is 24.3 Å². The Morgan fingerprint density at radius 3 is 2.22 bits per heavy atom. The lowest BCUT2D eigenvalue weighted by Crippen LogP contribution is -2.20. The minimum Gasteiger partial charge on any atom is -0.482 e. The van der Waals surface area contributed by atoms with E-state index in [0.717, 1.165) is 6.42 Å². The number of fused-ring (bicyclic) bond motifs is 1. The summed E-state index contributed by atoms with van der Waals surface area (Å²) in [5, 5.41) is 3.04. The molecular formula is C26H20ClNO4. The molecule has 0 fully saturated rings. The Bertz CT molecular complexity index is 1210. The van der Waals surface area contributed by atoms with Gasteiger partial charge in [0.1, 0.15) is 5.75 Å². The highest BCUT2D eigenvalue weighted by atomic mass is 35.5. The van der Waals surface area contributed by atoms with Crippen LogP contribution < -0.4 is 10.1 Å². The zero-order chi connectivity index (χ0) is 22.7. The van der Waals surface area contributed by atoms with Gasteiger partial charge in [-0.2, -0.15) is 0 Å². The second kappa shape index (κ2) is 9.20. The van der Waals surface area contributed by atoms with Crippen LogP contribution in [0, 0.1) is 0 Å². The second-order valence-corrected chi connectivity index (χ2v) is 7.75. The first-order valence-electron chi connectivity index (χ1n) is 10.2. The number of anilines is 1. The number of Topliss-reactive ketones (excluding diaryl/α,β-unsaturated/α-hetero) is 2. The van der Waals surface area contributed by atoms with Crippen LogP contribution in [-0.4, -0.2) is 24.1 Å². The van der Waals surface area contributed by atoms with Crippen molar-refractivity contribution in [1.82, 2.24) is 0 Å². The Labute approximate surface area is 190 Å². The first kappa shape index (κ1) is 21.5. The maximum absolute atomic E-state index is 12.5. The molecule has 1 amide bonds. The molecule has 0 saturated heterocycles. The van der Waals surface area contributed by atoms with Gasteiger partial charge >= 0.3 is 0 Å². The summed E-state index contributed by atoms with van der Waals surface area (Å²) in [7, 11) is 0. The predicted molar refractivity (Wildman–Crippen MR) is 124 cm³/mol. The molecule has 0 bridgehead atoms. The summed E-state index contributed by atoms with van der Waals surface area (Å²) < 4.78 is 5.54. The number of ether oxygens (including phenoxy) is 1. The molecule has 0 heterocycles. The Kier molecular flexibility index (Phi) is 6.19. The largest absolute Gasteiger partial charge is 0.482 e. The fourth-order valence-corrected chi connectivity index (χ4v) is 3.70. The molecule has 4 rings (SSSR count). The lowest BCUT2D eigenvalue weighted by molar-refractivity contribution is -0.118. The summed E-state index contributed by atoms with van der Waals surface area (Å²) in [4.78, 5) is 37.2. The molecule has 0 unspecified atom stereocenters. The highest BCUT2D eigenvalue weighted by Crippen LogP contribution is 2.30. The van der Waals surface area contributed by atoms with Gasteiger partial charge in [0, 0.05) is 16.8 Å². The molecule has 32 heavy (non-hydrogen) atoms. The molecule has 1 aliphatic carbocycles. The minimum absolute atomic E-state index is 0.101. The third kappa shape index (κ3) is 4.48. The van der Waals surface area contributed by atoms with E-state index in [9.17, 15) is 14.4 Å². The number of benzene rings is 3. The van der Waals surface area contributed by atoms with E-state index >= 15 is 0 Å². The van der Waals surface area contributed by atoms with Gasteiger partial charge in [-0.25, -0.2) is 0 Å². The molecule has 160 valence electrons. The monoisotopic (exact) mass is 445 g/mol. The Hall–Kier alpha value is -3.70. The zero-order valence-electron chi connectivity index (χ0n) is 17.4. The molecule has 1 aliphatic rings. The van der Waals surface area contributed by atoms with E-state index in [2.05, 4.69) is 12.2 Å². The van der Waals surface area contributed by atoms with Crippen LogP contribution in [0.1, 0.15) is 38.8 Å². The van der Waals surface area contributed by atoms with Crippen molar-refractivity contribution in [3.05, 3.63) is 99.6 Å². The summed E-state index contributed by atoms with van der Waals surface area (Å²) in [5.74, 6) is -0.578. The summed E-state index contributed by atoms with van der Waals surface area (Å²) in [6.07, 6.45) is 2.45. The Morgan fingerprint density at radius 1 is 0.969 bits per heavy atom. The van der Waals surface area contributed by atoms with Crippen molar-refractivity contribution in [3.8, 4) is 5.75 Å². The van der Waals surface area contributed by atoms with Gasteiger partial charge < -0.3 is 10.1 Å². The van der Waals surface area contributed by atoms with Crippen LogP contribution >= 0.6 is 11.6 Å². The Balaban J connectivity index is 1.41. The molecule has 6 heteroatoms. The average molecular weight is 446 g/mol. The predicted octanol–water partition coefficient (Wildman–Crippen LogP) is 5.38. The summed E-state index contributed by atoms with van der Waals surface area (Å²) in [6, 6.07) is 19.2. The number of carbonyl (C=O) groups excluding carboxylic acids is 3. The van der Waals surface area contributed by atoms with Gasteiger partial charge in [-0.1, -0.05) is 61.0 Å². The number of allylic oxidation sites excluding steroid dienone is 1. The number of hydrogen-bond acceptors (Lipinski definition) is 4. The number of carbonyl (C=O) groups is 3. The van der Waals surface area contributed by atoms with E-state index in [1.165, 1.54) is 11.6 Å². The summed E-state index contributed by atoms with van der Waals surface area (Å²) in [5.41, 5.74) is 3.38. The van der Waals surface area contributed by atoms with Gasteiger partial charge in [-0.05, 0) is 47.9 Å². The van der Waals surface area contributed by atoms with Crippen LogP contribution in [0.25, 0.3) is 6.08 Å². The standard InChI is InChI=1S/C26H20ClNO4/c1-2-16-7-10-18(11-8-16)28-24(29)15-32-23-12-9-17(14-22(23)27)13-21-25(30)19-5-3-4-6-20(19)26(21)31/h3-14H,2,15H2,1H3,(H,28,29). The molecule has 0 spiro atoms. The maximum Gasteiger partial charge on any atom is 0.262 e. The fourth-order valence-electron chi connectivity index (χ4n) is 3.46. The van der Waals surface area contributed by atoms with Crippen molar-refractivity contribution in [1.29, 1.82) is 0 Å². The molecule has 0 aliphatic heterocycles. The molecule has 5 nitrogen and oxygen atoms in total. The van der Waals surface area contributed by atoms with E-state index in [4.69, 9.17) is 16.3 Å². The van der Waals surface area contributed by atoms with Crippen molar-refractivity contribution >= 4 is 40.8 Å². The van der Waals surface area contributed by atoms with Crippen molar-refractivity contribution in [2.45, 2.75) is 13.3 Å². The highest BCUT2D eigenvalue weighted by molar-refractivity contribution is 6.41. The lowest BCUT2D eigenvalue weighted by Gasteiger charge is -2.10. The normalized spacial score (nSPS) is 12.5. The number of halogens is 1. The Morgan fingerprint density at radius 2 is 1.62 bits per heavy atom. The average Bonchev–Trinajstić information content (AvgIpc) is 3.04. The smallest absolute Gasteiger partial charge is 0.262 e. The fraction of sp³-hybridized carbons (Fsp3) is 0.115. The van der Waals surface area contributed by atoms with Crippen LogP contribution in [0.5, 0.6) is 5.75 Å². The molecular weight excluding hydrogens is 426 g/mol. The number of nitrogens with one attached hydrogen (secondary N) is 1. The molecule has 0 radical (unpaired) electrons. The van der Waals surface area contributed by atoms with Gasteiger partial charge in [0.05, 0.1) is 10.6 Å². The number of ketones is 2. The summed E-state index contributed by atoms with van der Waals surface area (Å²) in [6.45, 7) is 1.86. The molecule has 0 atom stereocenters. The van der Waals surface area contributed by atoms with Gasteiger partial charge in [0.15, 0.2) is 18.2 Å². The lowest BCUT2D eigenvalue weighted by atomic mass is 10.1. The SMILES string of the molecule is CCc1ccc(NC(=O)COc2ccc(C=C3C(=O)c4ccccc4C3=O)cc2Cl)cc1. The van der Waals surface area contributed by atoms with Crippen molar-refractivity contribution in [2.75, 3.05) is 11.9 Å². The van der Waals surface area contributed by atoms with E-state index in [-0.39, 0.29) is 34.7 Å². The van der Waals surface area contributed by atoms with Gasteiger partial charge in [0.2, 0.25) is 0 Å². The van der Waals surface area contributed by atoms with E-state index in [0.29, 0.717) is 28.1 Å². The topological polar surface area (TPSA) is 72.5 Å². The number of aryl methyl sites for hydroxylation is 1.